The Bertz CT molecular complexity index is 1220. The highest BCUT2D eigenvalue weighted by atomic mass is 32.2. The van der Waals surface area contributed by atoms with Gasteiger partial charge in [-0.2, -0.15) is 8.42 Å². The van der Waals surface area contributed by atoms with Crippen LogP contribution in [-0.4, -0.2) is 20.6 Å². The van der Waals surface area contributed by atoms with Crippen LogP contribution in [0, 0.1) is 11.3 Å². The molecule has 2 aliphatic carbocycles. The van der Waals surface area contributed by atoms with E-state index in [0.29, 0.717) is 6.42 Å². The summed E-state index contributed by atoms with van der Waals surface area (Å²) in [4.78, 5) is 12.4. The number of allylic oxidation sites excluding steroid dienone is 3. The van der Waals surface area contributed by atoms with Gasteiger partial charge in [0, 0.05) is 11.3 Å². The number of unbranched alkanes of at least 4 members (excludes halogenated alkanes) is 3. The van der Waals surface area contributed by atoms with E-state index in [2.05, 4.69) is 49.9 Å². The first-order chi connectivity index (χ1) is 17.3. The fraction of sp³-hybridized carbons (Fsp3) is 0.414. The van der Waals surface area contributed by atoms with Crippen molar-refractivity contribution >= 4 is 27.4 Å². The minimum atomic E-state index is -4.20. The minimum Gasteiger partial charge on any atom is -0.445 e. The van der Waals surface area contributed by atoms with Crippen LogP contribution in [0.15, 0.2) is 72.8 Å². The summed E-state index contributed by atoms with van der Waals surface area (Å²) in [5.74, 6) is -0.0344. The molecule has 0 spiro atoms. The standard InChI is InChI=1S/C29H36N2O4S/c1-3-4-5-8-17-24-20-25-26(35-28(32)31-36(30,33)34)18-19-29(25,21(2)22-13-9-6-10-14-22)27(24)23-15-11-7-12-16-23/h6-7,9-16,25-26H,2-5,8,17-20H2,1H3,(H,31,32)(H2,30,33,34)/t25?,26-,29+/m1/s1. The molecule has 3 atom stereocenters. The van der Waals surface area contributed by atoms with Crippen LogP contribution in [0.4, 0.5) is 4.79 Å². The summed E-state index contributed by atoms with van der Waals surface area (Å²) in [7, 11) is -4.20. The topological polar surface area (TPSA) is 98.5 Å². The SMILES string of the molecule is C=C(c1ccccc1)[C@@]12CC[C@@H](OC(=O)NS(N)(=O)=O)C1CC(CCCCCC)=C2c1ccccc1. The van der Waals surface area contributed by atoms with Crippen molar-refractivity contribution in [2.24, 2.45) is 16.5 Å². The van der Waals surface area contributed by atoms with Crippen LogP contribution in [0.2, 0.25) is 0 Å². The first-order valence-electron chi connectivity index (χ1n) is 12.8. The quantitative estimate of drug-likeness (QED) is 0.372. The van der Waals surface area contributed by atoms with Crippen molar-refractivity contribution in [3.8, 4) is 0 Å². The number of ether oxygens (including phenoxy) is 1. The number of fused-ring (bicyclic) bond motifs is 1. The molecule has 1 saturated carbocycles. The van der Waals surface area contributed by atoms with Gasteiger partial charge < -0.3 is 4.74 Å². The first kappa shape index (κ1) is 26.2. The lowest BCUT2D eigenvalue weighted by molar-refractivity contribution is 0.0733. The van der Waals surface area contributed by atoms with Crippen molar-refractivity contribution in [3.05, 3.63) is 83.9 Å². The van der Waals surface area contributed by atoms with Gasteiger partial charge in [-0.25, -0.2) is 14.7 Å². The lowest BCUT2D eigenvalue weighted by Gasteiger charge is -2.37. The Labute approximate surface area is 214 Å². The largest absolute Gasteiger partial charge is 0.445 e. The van der Waals surface area contributed by atoms with Gasteiger partial charge in [0.1, 0.15) is 6.10 Å². The molecule has 2 aromatic rings. The Morgan fingerprint density at radius 1 is 1.08 bits per heavy atom. The number of rotatable bonds is 10. The number of hydrogen-bond acceptors (Lipinski definition) is 4. The van der Waals surface area contributed by atoms with Gasteiger partial charge in [-0.15, -0.1) is 0 Å². The van der Waals surface area contributed by atoms with E-state index in [0.717, 1.165) is 36.8 Å². The van der Waals surface area contributed by atoms with E-state index in [1.165, 1.54) is 36.0 Å². The molecule has 0 aromatic heterocycles. The predicted molar refractivity (Wildman–Crippen MR) is 144 cm³/mol. The molecule has 0 aliphatic heterocycles. The highest BCUT2D eigenvalue weighted by molar-refractivity contribution is 7.87. The van der Waals surface area contributed by atoms with E-state index in [-0.39, 0.29) is 5.92 Å². The molecule has 0 heterocycles. The summed E-state index contributed by atoms with van der Waals surface area (Å²) in [5.41, 5.74) is 5.55. The minimum absolute atomic E-state index is 0.0344. The molecular weight excluding hydrogens is 472 g/mol. The van der Waals surface area contributed by atoms with Crippen molar-refractivity contribution < 1.29 is 17.9 Å². The Hall–Kier alpha value is -2.90. The molecule has 0 saturated heterocycles. The molecule has 1 unspecified atom stereocenters. The van der Waals surface area contributed by atoms with E-state index >= 15 is 0 Å². The second-order valence-electron chi connectivity index (χ2n) is 9.91. The second-order valence-corrected chi connectivity index (χ2v) is 11.2. The summed E-state index contributed by atoms with van der Waals surface area (Å²) >= 11 is 0. The molecule has 36 heavy (non-hydrogen) atoms. The number of carbonyl (C=O) groups excluding carboxylic acids is 1. The number of nitrogens with two attached hydrogens (primary N) is 1. The summed E-state index contributed by atoms with van der Waals surface area (Å²) in [6, 6.07) is 20.6. The average molecular weight is 509 g/mol. The van der Waals surface area contributed by atoms with E-state index in [1.54, 1.807) is 4.72 Å². The molecule has 7 heteroatoms. The number of amides is 1. The van der Waals surface area contributed by atoms with Crippen molar-refractivity contribution in [3.63, 3.8) is 0 Å². The summed E-state index contributed by atoms with van der Waals surface area (Å²) in [6.45, 7) is 6.84. The van der Waals surface area contributed by atoms with Crippen LogP contribution in [0.25, 0.3) is 11.1 Å². The first-order valence-corrected chi connectivity index (χ1v) is 14.3. The summed E-state index contributed by atoms with van der Waals surface area (Å²) in [5, 5.41) is 5.01. The number of nitrogens with one attached hydrogen (secondary N) is 1. The predicted octanol–water partition coefficient (Wildman–Crippen LogP) is 6.22. The average Bonchev–Trinajstić information content (AvgIpc) is 3.36. The molecule has 6 nitrogen and oxygen atoms in total. The third kappa shape index (κ3) is 5.42. The van der Waals surface area contributed by atoms with Crippen LogP contribution in [0.5, 0.6) is 0 Å². The fourth-order valence-electron chi connectivity index (χ4n) is 6.27. The van der Waals surface area contributed by atoms with Crippen LogP contribution in [-0.2, 0) is 14.9 Å². The van der Waals surface area contributed by atoms with E-state index in [4.69, 9.17) is 9.88 Å². The molecular formula is C29H36N2O4S. The smallest absolute Gasteiger partial charge is 0.422 e. The third-order valence-electron chi connectivity index (χ3n) is 7.71. The molecule has 4 rings (SSSR count). The van der Waals surface area contributed by atoms with E-state index < -0.39 is 27.8 Å². The molecule has 1 fully saturated rings. The highest BCUT2D eigenvalue weighted by Gasteiger charge is 2.58. The molecule has 3 N–H and O–H groups in total. The van der Waals surface area contributed by atoms with Crippen molar-refractivity contribution in [2.45, 2.75) is 64.4 Å². The van der Waals surface area contributed by atoms with Gasteiger partial charge in [0.05, 0.1) is 0 Å². The number of carbonyl (C=O) groups is 1. The van der Waals surface area contributed by atoms with Gasteiger partial charge >= 0.3 is 16.3 Å². The van der Waals surface area contributed by atoms with Gasteiger partial charge in [0.25, 0.3) is 0 Å². The lowest BCUT2D eigenvalue weighted by atomic mass is 9.66. The zero-order valence-corrected chi connectivity index (χ0v) is 21.7. The van der Waals surface area contributed by atoms with Crippen molar-refractivity contribution in [1.29, 1.82) is 0 Å². The molecule has 192 valence electrons. The van der Waals surface area contributed by atoms with Gasteiger partial charge in [-0.1, -0.05) is 99.0 Å². The Kier molecular flexibility index (Phi) is 8.00. The van der Waals surface area contributed by atoms with Crippen molar-refractivity contribution in [1.82, 2.24) is 4.72 Å². The van der Waals surface area contributed by atoms with Crippen LogP contribution < -0.4 is 9.86 Å². The Morgan fingerprint density at radius 3 is 2.39 bits per heavy atom. The maximum absolute atomic E-state index is 12.4. The van der Waals surface area contributed by atoms with Crippen molar-refractivity contribution in [2.75, 3.05) is 0 Å². The van der Waals surface area contributed by atoms with E-state index in [9.17, 15) is 13.2 Å². The van der Waals surface area contributed by atoms with Crippen LogP contribution in [0.3, 0.4) is 0 Å². The molecule has 2 aliphatic rings. The summed E-state index contributed by atoms with van der Waals surface area (Å²) < 4.78 is 30.3. The fourth-order valence-corrected chi connectivity index (χ4v) is 6.55. The maximum Gasteiger partial charge on any atom is 0.422 e. The molecule has 1 amide bonds. The molecule has 0 radical (unpaired) electrons. The molecule has 2 aromatic carbocycles. The van der Waals surface area contributed by atoms with Gasteiger partial charge in [-0.05, 0) is 54.4 Å². The summed E-state index contributed by atoms with van der Waals surface area (Å²) in [6.07, 6.45) is 6.36. The monoisotopic (exact) mass is 508 g/mol. The Balaban J connectivity index is 1.77. The number of hydrogen-bond donors (Lipinski definition) is 2. The maximum atomic E-state index is 12.4. The van der Waals surface area contributed by atoms with E-state index in [1.807, 2.05) is 24.3 Å². The van der Waals surface area contributed by atoms with Crippen LogP contribution >= 0.6 is 0 Å². The third-order valence-corrected chi connectivity index (χ3v) is 8.16. The van der Waals surface area contributed by atoms with Gasteiger partial charge in [0.2, 0.25) is 0 Å². The zero-order chi connectivity index (χ0) is 25.8. The second kappa shape index (κ2) is 11.0. The van der Waals surface area contributed by atoms with Gasteiger partial charge in [-0.3, -0.25) is 0 Å². The normalized spacial score (nSPS) is 23.4. The number of benzene rings is 2. The molecule has 0 bridgehead atoms. The lowest BCUT2D eigenvalue weighted by Crippen LogP contribution is -2.39. The highest BCUT2D eigenvalue weighted by Crippen LogP contribution is 2.66. The van der Waals surface area contributed by atoms with Gasteiger partial charge in [0.15, 0.2) is 0 Å². The zero-order valence-electron chi connectivity index (χ0n) is 20.9. The Morgan fingerprint density at radius 2 is 1.75 bits per heavy atom. The van der Waals surface area contributed by atoms with Crippen LogP contribution in [0.1, 0.15) is 69.4 Å².